The minimum absolute atomic E-state index is 0.0644. The molecule has 1 N–H and O–H groups in total. The third-order valence-corrected chi connectivity index (χ3v) is 7.48. The molecule has 2 aliphatic heterocycles. The predicted octanol–water partition coefficient (Wildman–Crippen LogP) is 2.92. The number of nitrogens with one attached hydrogen (secondary N) is 1. The van der Waals surface area contributed by atoms with Gasteiger partial charge in [-0.2, -0.15) is 8.42 Å². The van der Waals surface area contributed by atoms with Crippen LogP contribution in [-0.2, 0) is 28.0 Å². The van der Waals surface area contributed by atoms with Crippen LogP contribution in [-0.4, -0.2) is 54.9 Å². The minimum atomic E-state index is -3.82. The van der Waals surface area contributed by atoms with Crippen molar-refractivity contribution < 1.29 is 13.2 Å². The summed E-state index contributed by atoms with van der Waals surface area (Å²) in [6.45, 7) is 4.53. The Hall–Kier alpha value is -2.97. The number of rotatable bonds is 7. The molecular formula is C25H30N4O3S. The van der Waals surface area contributed by atoms with E-state index in [1.54, 1.807) is 6.92 Å². The topological polar surface area (TPSA) is 82.1 Å². The monoisotopic (exact) mass is 466 g/mol. The molecule has 2 aromatic carbocycles. The molecule has 1 amide bonds. The van der Waals surface area contributed by atoms with E-state index in [9.17, 15) is 13.2 Å². The van der Waals surface area contributed by atoms with Gasteiger partial charge in [-0.1, -0.05) is 60.7 Å². The first kappa shape index (κ1) is 23.2. The fourth-order valence-electron chi connectivity index (χ4n) is 4.21. The first-order chi connectivity index (χ1) is 15.9. The standard InChI is InChI=1S/C25H30N4O3S/c1-20-24(19-29(33(31,32)27-20)17-12-21-8-4-2-5-9-21)25(30)26-23-13-15-28(16-14-23)18-22-10-6-3-7-11-22/h2-11,19,23H,12-18H2,1H3,(H,26,30). The van der Waals surface area contributed by atoms with Crippen molar-refractivity contribution >= 4 is 21.8 Å². The van der Waals surface area contributed by atoms with E-state index < -0.39 is 10.2 Å². The Labute approximate surface area is 196 Å². The van der Waals surface area contributed by atoms with E-state index in [0.717, 1.165) is 38.0 Å². The van der Waals surface area contributed by atoms with E-state index >= 15 is 0 Å². The molecule has 0 atom stereocenters. The van der Waals surface area contributed by atoms with Crippen LogP contribution in [0.4, 0.5) is 0 Å². The van der Waals surface area contributed by atoms with Gasteiger partial charge in [-0.3, -0.25) is 14.0 Å². The number of nitrogens with zero attached hydrogens (tertiary/aromatic N) is 3. The third-order valence-electron chi connectivity index (χ3n) is 6.09. The first-order valence-electron chi connectivity index (χ1n) is 11.3. The first-order valence-corrected chi connectivity index (χ1v) is 12.7. The number of piperidine rings is 1. The molecule has 2 aromatic rings. The summed E-state index contributed by atoms with van der Waals surface area (Å²) < 4.78 is 30.0. The molecule has 0 bridgehead atoms. The van der Waals surface area contributed by atoms with Crippen LogP contribution < -0.4 is 5.32 Å². The van der Waals surface area contributed by atoms with E-state index in [0.29, 0.717) is 12.0 Å². The molecule has 0 unspecified atom stereocenters. The Morgan fingerprint density at radius 1 is 1.00 bits per heavy atom. The lowest BCUT2D eigenvalue weighted by Crippen LogP contribution is -2.46. The van der Waals surface area contributed by atoms with Gasteiger partial charge in [-0.05, 0) is 37.3 Å². The molecule has 0 aliphatic carbocycles. The molecular weight excluding hydrogens is 436 g/mol. The maximum absolute atomic E-state index is 13.0. The normalized spacial score (nSPS) is 19.0. The maximum atomic E-state index is 13.0. The second-order valence-electron chi connectivity index (χ2n) is 8.55. The average Bonchev–Trinajstić information content (AvgIpc) is 2.80. The number of carbonyl (C=O) groups excluding carboxylic acids is 1. The summed E-state index contributed by atoms with van der Waals surface area (Å²) in [5.74, 6) is -0.266. The molecule has 1 fully saturated rings. The molecule has 7 nitrogen and oxygen atoms in total. The van der Waals surface area contributed by atoms with Crippen LogP contribution in [0.25, 0.3) is 0 Å². The van der Waals surface area contributed by atoms with Crippen LogP contribution in [0.15, 0.2) is 76.8 Å². The quantitative estimate of drug-likeness (QED) is 0.680. The number of benzene rings is 2. The number of amides is 1. The summed E-state index contributed by atoms with van der Waals surface area (Å²) >= 11 is 0. The number of carbonyl (C=O) groups is 1. The van der Waals surface area contributed by atoms with Crippen molar-refractivity contribution in [3.05, 3.63) is 83.6 Å². The number of hydrogen-bond acceptors (Lipinski definition) is 4. The molecule has 0 saturated carbocycles. The highest BCUT2D eigenvalue weighted by molar-refractivity contribution is 7.88. The van der Waals surface area contributed by atoms with Crippen LogP contribution >= 0.6 is 0 Å². The average molecular weight is 467 g/mol. The molecule has 33 heavy (non-hydrogen) atoms. The van der Waals surface area contributed by atoms with E-state index in [-0.39, 0.29) is 24.2 Å². The van der Waals surface area contributed by atoms with E-state index in [1.807, 2.05) is 48.5 Å². The van der Waals surface area contributed by atoms with E-state index in [4.69, 9.17) is 0 Å². The maximum Gasteiger partial charge on any atom is 0.344 e. The van der Waals surface area contributed by atoms with Crippen LogP contribution in [0.2, 0.25) is 0 Å². The fourth-order valence-corrected chi connectivity index (χ4v) is 5.32. The summed E-state index contributed by atoms with van der Waals surface area (Å²) in [5.41, 5.74) is 2.85. The summed E-state index contributed by atoms with van der Waals surface area (Å²) in [6.07, 6.45) is 3.69. The molecule has 8 heteroatoms. The lowest BCUT2D eigenvalue weighted by molar-refractivity contribution is -0.118. The predicted molar refractivity (Wildman–Crippen MR) is 130 cm³/mol. The Bertz CT molecular complexity index is 1120. The Kier molecular flexibility index (Phi) is 7.25. The van der Waals surface area contributed by atoms with Gasteiger partial charge in [-0.25, -0.2) is 0 Å². The lowest BCUT2D eigenvalue weighted by Gasteiger charge is -2.33. The SMILES string of the molecule is CC1=NS(=O)(=O)N(CCc2ccccc2)C=C1C(=O)NC1CCN(Cc2ccccc2)CC1. The van der Waals surface area contributed by atoms with Crippen molar-refractivity contribution in [2.45, 2.75) is 38.8 Å². The molecule has 174 valence electrons. The van der Waals surface area contributed by atoms with Crippen LogP contribution in [0, 0.1) is 0 Å². The van der Waals surface area contributed by atoms with Crippen molar-refractivity contribution in [3.63, 3.8) is 0 Å². The van der Waals surface area contributed by atoms with Crippen molar-refractivity contribution in [3.8, 4) is 0 Å². The van der Waals surface area contributed by atoms with Crippen molar-refractivity contribution in [1.29, 1.82) is 0 Å². The zero-order valence-electron chi connectivity index (χ0n) is 18.9. The summed E-state index contributed by atoms with van der Waals surface area (Å²) in [5, 5.41) is 3.09. The number of likely N-dealkylation sites (tertiary alicyclic amines) is 1. The van der Waals surface area contributed by atoms with Crippen molar-refractivity contribution in [1.82, 2.24) is 14.5 Å². The second-order valence-corrected chi connectivity index (χ2v) is 10.1. The van der Waals surface area contributed by atoms with Gasteiger partial charge in [0.05, 0.1) is 11.3 Å². The van der Waals surface area contributed by atoms with Crippen LogP contribution in [0.1, 0.15) is 30.9 Å². The van der Waals surface area contributed by atoms with Gasteiger partial charge in [0.1, 0.15) is 0 Å². The number of hydrogen-bond donors (Lipinski definition) is 1. The summed E-state index contributed by atoms with van der Waals surface area (Å²) in [7, 11) is -3.82. The van der Waals surface area contributed by atoms with E-state index in [1.165, 1.54) is 16.1 Å². The Morgan fingerprint density at radius 2 is 1.61 bits per heavy atom. The lowest BCUT2D eigenvalue weighted by atomic mass is 10.0. The molecule has 0 aromatic heterocycles. The smallest absolute Gasteiger partial charge is 0.344 e. The van der Waals surface area contributed by atoms with Gasteiger partial charge < -0.3 is 5.32 Å². The van der Waals surface area contributed by atoms with Gasteiger partial charge in [0.15, 0.2) is 0 Å². The molecule has 4 rings (SSSR count). The zero-order chi connectivity index (χ0) is 23.3. The largest absolute Gasteiger partial charge is 0.349 e. The fraction of sp³-hybridized carbons (Fsp3) is 0.360. The van der Waals surface area contributed by atoms with Crippen molar-refractivity contribution in [2.75, 3.05) is 19.6 Å². The van der Waals surface area contributed by atoms with Crippen LogP contribution in [0.3, 0.4) is 0 Å². The van der Waals surface area contributed by atoms with Gasteiger partial charge in [0, 0.05) is 38.4 Å². The van der Waals surface area contributed by atoms with Crippen molar-refractivity contribution in [2.24, 2.45) is 4.40 Å². The highest BCUT2D eigenvalue weighted by atomic mass is 32.2. The van der Waals surface area contributed by atoms with E-state index in [2.05, 4.69) is 26.7 Å². The molecule has 0 spiro atoms. The van der Waals surface area contributed by atoms with Gasteiger partial charge in [0.25, 0.3) is 5.91 Å². The van der Waals surface area contributed by atoms with Crippen LogP contribution in [0.5, 0.6) is 0 Å². The highest BCUT2D eigenvalue weighted by Gasteiger charge is 2.29. The zero-order valence-corrected chi connectivity index (χ0v) is 19.7. The molecule has 2 heterocycles. The summed E-state index contributed by atoms with van der Waals surface area (Å²) in [4.78, 5) is 15.4. The van der Waals surface area contributed by atoms with Gasteiger partial charge in [-0.15, -0.1) is 4.40 Å². The summed E-state index contributed by atoms with van der Waals surface area (Å²) in [6, 6.07) is 20.1. The molecule has 2 aliphatic rings. The Balaban J connectivity index is 1.34. The van der Waals surface area contributed by atoms with Gasteiger partial charge >= 0.3 is 10.2 Å². The van der Waals surface area contributed by atoms with Gasteiger partial charge in [0.2, 0.25) is 0 Å². The minimum Gasteiger partial charge on any atom is -0.349 e. The second kappa shape index (κ2) is 10.3. The third kappa shape index (κ3) is 6.09. The Morgan fingerprint density at radius 3 is 2.24 bits per heavy atom. The molecule has 0 radical (unpaired) electrons. The highest BCUT2D eigenvalue weighted by Crippen LogP contribution is 2.19. The molecule has 1 saturated heterocycles.